The van der Waals surface area contributed by atoms with Crippen LogP contribution in [0, 0.1) is 5.41 Å². The Labute approximate surface area is 113 Å². The normalized spacial score (nSPS) is 15.9. The Morgan fingerprint density at radius 1 is 1.25 bits per heavy atom. The van der Waals surface area contributed by atoms with E-state index in [0.717, 1.165) is 14.5 Å². The average Bonchev–Trinajstić information content (AvgIpc) is 2.18. The molecule has 0 aliphatic rings. The zero-order chi connectivity index (χ0) is 12.5. The number of hydrogen-bond donors (Lipinski definition) is 2. The molecule has 3 N–H and O–H groups in total. The van der Waals surface area contributed by atoms with Gasteiger partial charge in [-0.3, -0.25) is 0 Å². The van der Waals surface area contributed by atoms with Gasteiger partial charge in [0.2, 0.25) is 0 Å². The quantitative estimate of drug-likeness (QED) is 0.855. The summed E-state index contributed by atoms with van der Waals surface area (Å²) in [5.41, 5.74) is 6.77. The maximum absolute atomic E-state index is 10.2. The minimum Gasteiger partial charge on any atom is -0.391 e. The summed E-state index contributed by atoms with van der Waals surface area (Å²) in [5.74, 6) is 0. The Bertz CT molecular complexity index is 374. The van der Waals surface area contributed by atoms with Gasteiger partial charge in [0, 0.05) is 8.95 Å². The molecule has 0 bridgehead atoms. The van der Waals surface area contributed by atoms with Gasteiger partial charge in [-0.1, -0.05) is 52.6 Å². The van der Waals surface area contributed by atoms with E-state index >= 15 is 0 Å². The Balaban J connectivity index is 3.05. The van der Waals surface area contributed by atoms with Gasteiger partial charge >= 0.3 is 0 Å². The number of nitrogens with two attached hydrogens (primary N) is 1. The lowest BCUT2D eigenvalue weighted by molar-refractivity contribution is 0.0399. The van der Waals surface area contributed by atoms with Crippen LogP contribution in [0.4, 0.5) is 0 Å². The molecular weight excluding hydrogens is 334 g/mol. The average molecular weight is 351 g/mol. The number of benzene rings is 1. The van der Waals surface area contributed by atoms with Crippen molar-refractivity contribution in [3.63, 3.8) is 0 Å². The Hall–Kier alpha value is 0.1000. The van der Waals surface area contributed by atoms with Crippen LogP contribution in [-0.2, 0) is 0 Å². The van der Waals surface area contributed by atoms with E-state index in [4.69, 9.17) is 5.73 Å². The maximum Gasteiger partial charge on any atom is 0.0781 e. The van der Waals surface area contributed by atoms with Gasteiger partial charge in [-0.05, 0) is 29.2 Å². The predicted octanol–water partition coefficient (Wildman–Crippen LogP) is 3.62. The molecule has 0 radical (unpaired) electrons. The van der Waals surface area contributed by atoms with Gasteiger partial charge in [0.1, 0.15) is 0 Å². The third kappa shape index (κ3) is 3.29. The standard InChI is InChI=1S/C12H17Br2NO/c1-12(2,3)11(16)10(15)8-6-7(13)4-5-9(8)14/h4-6,10-11,16H,15H2,1-3H3/t10-,11-/m1/s1. The van der Waals surface area contributed by atoms with E-state index in [9.17, 15) is 5.11 Å². The van der Waals surface area contributed by atoms with Crippen molar-refractivity contribution in [2.24, 2.45) is 11.1 Å². The molecule has 1 aromatic rings. The lowest BCUT2D eigenvalue weighted by atomic mass is 9.82. The number of halogens is 2. The molecule has 0 spiro atoms. The number of rotatable bonds is 2. The van der Waals surface area contributed by atoms with Crippen molar-refractivity contribution in [2.45, 2.75) is 32.9 Å². The van der Waals surface area contributed by atoms with Crippen molar-refractivity contribution in [3.8, 4) is 0 Å². The SMILES string of the molecule is CC(C)(C)[C@H](O)[C@H](N)c1cc(Br)ccc1Br. The molecule has 16 heavy (non-hydrogen) atoms. The third-order valence-corrected chi connectivity index (χ3v) is 3.76. The molecule has 0 saturated carbocycles. The van der Waals surface area contributed by atoms with Gasteiger partial charge in [0.25, 0.3) is 0 Å². The summed E-state index contributed by atoms with van der Waals surface area (Å²) < 4.78 is 1.88. The topological polar surface area (TPSA) is 46.2 Å². The van der Waals surface area contributed by atoms with Gasteiger partial charge in [-0.25, -0.2) is 0 Å². The van der Waals surface area contributed by atoms with Crippen molar-refractivity contribution in [1.82, 2.24) is 0 Å². The van der Waals surface area contributed by atoms with Crippen molar-refractivity contribution < 1.29 is 5.11 Å². The van der Waals surface area contributed by atoms with Crippen LogP contribution >= 0.6 is 31.9 Å². The molecule has 0 amide bonds. The lowest BCUT2D eigenvalue weighted by Crippen LogP contribution is -2.37. The molecule has 0 heterocycles. The second-order valence-electron chi connectivity index (χ2n) is 5.00. The van der Waals surface area contributed by atoms with Gasteiger partial charge < -0.3 is 10.8 Å². The summed E-state index contributed by atoms with van der Waals surface area (Å²) in [6.45, 7) is 5.93. The van der Waals surface area contributed by atoms with Gasteiger partial charge in [-0.15, -0.1) is 0 Å². The molecule has 0 unspecified atom stereocenters. The molecule has 2 atom stereocenters. The summed E-state index contributed by atoms with van der Waals surface area (Å²) in [7, 11) is 0. The minimum absolute atomic E-state index is 0.235. The second kappa shape index (κ2) is 5.17. The molecule has 90 valence electrons. The van der Waals surface area contributed by atoms with E-state index in [2.05, 4.69) is 31.9 Å². The number of aliphatic hydroxyl groups is 1. The van der Waals surface area contributed by atoms with Crippen LogP contribution < -0.4 is 5.73 Å². The van der Waals surface area contributed by atoms with Gasteiger partial charge in [-0.2, -0.15) is 0 Å². The van der Waals surface area contributed by atoms with E-state index in [1.54, 1.807) is 0 Å². The Kier molecular flexibility index (Phi) is 4.57. The molecule has 2 nitrogen and oxygen atoms in total. The second-order valence-corrected chi connectivity index (χ2v) is 6.77. The lowest BCUT2D eigenvalue weighted by Gasteiger charge is -2.31. The van der Waals surface area contributed by atoms with Crippen LogP contribution in [0.1, 0.15) is 32.4 Å². The molecule has 0 fully saturated rings. The summed E-state index contributed by atoms with van der Waals surface area (Å²) >= 11 is 6.86. The Morgan fingerprint density at radius 2 is 1.81 bits per heavy atom. The molecule has 0 aromatic heterocycles. The smallest absolute Gasteiger partial charge is 0.0781 e. The Morgan fingerprint density at radius 3 is 2.31 bits per heavy atom. The van der Waals surface area contributed by atoms with E-state index in [0.29, 0.717) is 0 Å². The van der Waals surface area contributed by atoms with E-state index in [1.165, 1.54) is 0 Å². The molecule has 0 saturated heterocycles. The number of hydrogen-bond acceptors (Lipinski definition) is 2. The van der Waals surface area contributed by atoms with Crippen LogP contribution in [0.15, 0.2) is 27.1 Å². The van der Waals surface area contributed by atoms with E-state index < -0.39 is 12.1 Å². The fraction of sp³-hybridized carbons (Fsp3) is 0.500. The molecule has 1 aromatic carbocycles. The first-order valence-electron chi connectivity index (χ1n) is 5.12. The van der Waals surface area contributed by atoms with E-state index in [1.807, 2.05) is 39.0 Å². The van der Waals surface area contributed by atoms with Gasteiger partial charge in [0.05, 0.1) is 12.1 Å². The molecule has 4 heteroatoms. The largest absolute Gasteiger partial charge is 0.391 e. The van der Waals surface area contributed by atoms with Gasteiger partial charge in [0.15, 0.2) is 0 Å². The highest BCUT2D eigenvalue weighted by Gasteiger charge is 2.30. The summed E-state index contributed by atoms with van der Waals surface area (Å²) in [4.78, 5) is 0. The molecule has 0 aliphatic heterocycles. The molecule has 1 rings (SSSR count). The van der Waals surface area contributed by atoms with Crippen molar-refractivity contribution in [2.75, 3.05) is 0 Å². The highest BCUT2D eigenvalue weighted by molar-refractivity contribution is 9.11. The maximum atomic E-state index is 10.2. The number of aliphatic hydroxyl groups excluding tert-OH is 1. The minimum atomic E-state index is -0.585. The van der Waals surface area contributed by atoms with Crippen LogP contribution in [0.2, 0.25) is 0 Å². The molecule has 0 aliphatic carbocycles. The summed E-state index contributed by atoms with van der Waals surface area (Å²) in [6.07, 6.45) is -0.585. The van der Waals surface area contributed by atoms with Crippen LogP contribution in [0.3, 0.4) is 0 Å². The van der Waals surface area contributed by atoms with Crippen LogP contribution in [0.5, 0.6) is 0 Å². The van der Waals surface area contributed by atoms with E-state index in [-0.39, 0.29) is 5.41 Å². The highest BCUT2D eigenvalue weighted by atomic mass is 79.9. The first kappa shape index (κ1) is 14.2. The van der Waals surface area contributed by atoms with Crippen molar-refractivity contribution >= 4 is 31.9 Å². The first-order chi connectivity index (χ1) is 7.23. The van der Waals surface area contributed by atoms with Crippen LogP contribution in [-0.4, -0.2) is 11.2 Å². The first-order valence-corrected chi connectivity index (χ1v) is 6.70. The van der Waals surface area contributed by atoms with Crippen LogP contribution in [0.25, 0.3) is 0 Å². The predicted molar refractivity (Wildman–Crippen MR) is 74.2 cm³/mol. The fourth-order valence-corrected chi connectivity index (χ4v) is 2.37. The monoisotopic (exact) mass is 349 g/mol. The molecular formula is C12H17Br2NO. The van der Waals surface area contributed by atoms with Crippen molar-refractivity contribution in [3.05, 3.63) is 32.7 Å². The zero-order valence-corrected chi connectivity index (χ0v) is 12.8. The summed E-state index contributed by atoms with van der Waals surface area (Å²) in [6, 6.07) is 5.40. The third-order valence-electron chi connectivity index (χ3n) is 2.54. The summed E-state index contributed by atoms with van der Waals surface area (Å²) in [5, 5.41) is 10.2. The zero-order valence-electron chi connectivity index (χ0n) is 9.67. The highest BCUT2D eigenvalue weighted by Crippen LogP contribution is 2.33. The van der Waals surface area contributed by atoms with Crippen molar-refractivity contribution in [1.29, 1.82) is 0 Å². The fourth-order valence-electron chi connectivity index (χ4n) is 1.48.